The van der Waals surface area contributed by atoms with Gasteiger partial charge in [0.25, 0.3) is 0 Å². The largest absolute Gasteiger partial charge is 0.872 e. The molecular formula is C48H70N2O4-2. The SMILES string of the molecule is CCCCCCCCCCCCCCOc1cc(N=Cc2ccccc2[O-])c(N=Cc2ccccc2[O-])cc1OCCCCCCCCCCCCCC. The highest BCUT2D eigenvalue weighted by Crippen LogP contribution is 2.40. The minimum absolute atomic E-state index is 0.0996. The number of para-hydroxylation sites is 2. The molecule has 0 saturated carbocycles. The molecule has 0 bridgehead atoms. The third-order valence-electron chi connectivity index (χ3n) is 10.1. The Kier molecular flexibility index (Phi) is 24.4. The summed E-state index contributed by atoms with van der Waals surface area (Å²) in [6.45, 7) is 5.72. The summed E-state index contributed by atoms with van der Waals surface area (Å²) < 4.78 is 12.8. The van der Waals surface area contributed by atoms with Crippen LogP contribution in [0.4, 0.5) is 11.4 Å². The van der Waals surface area contributed by atoms with Crippen LogP contribution in [0.5, 0.6) is 23.0 Å². The molecule has 0 radical (unpaired) electrons. The Hall–Kier alpha value is -3.80. The number of nitrogens with zero attached hydrogens (tertiary/aromatic N) is 2. The maximum atomic E-state index is 12.4. The van der Waals surface area contributed by atoms with E-state index in [1.54, 1.807) is 36.7 Å². The van der Waals surface area contributed by atoms with Crippen LogP contribution in [-0.4, -0.2) is 25.6 Å². The first-order valence-electron chi connectivity index (χ1n) is 21.7. The average Bonchev–Trinajstić information content (AvgIpc) is 3.18. The van der Waals surface area contributed by atoms with E-state index in [0.717, 1.165) is 25.7 Å². The van der Waals surface area contributed by atoms with Gasteiger partial charge in [-0.3, -0.25) is 9.98 Å². The van der Waals surface area contributed by atoms with Gasteiger partial charge in [0, 0.05) is 24.6 Å². The Labute approximate surface area is 328 Å². The molecule has 6 nitrogen and oxygen atoms in total. The Bertz CT molecular complexity index is 1340. The predicted molar refractivity (Wildman–Crippen MR) is 226 cm³/mol. The third-order valence-corrected chi connectivity index (χ3v) is 10.1. The summed E-state index contributed by atoms with van der Waals surface area (Å²) in [5, 5.41) is 24.9. The fraction of sp³-hybridized carbons (Fsp3) is 0.583. The van der Waals surface area contributed by atoms with Crippen molar-refractivity contribution >= 4 is 23.8 Å². The van der Waals surface area contributed by atoms with Crippen molar-refractivity contribution in [2.24, 2.45) is 9.98 Å². The maximum absolute atomic E-state index is 12.4. The van der Waals surface area contributed by atoms with Crippen LogP contribution in [0.3, 0.4) is 0 Å². The zero-order valence-electron chi connectivity index (χ0n) is 33.8. The molecule has 0 aliphatic rings. The van der Waals surface area contributed by atoms with E-state index in [1.165, 1.54) is 141 Å². The maximum Gasteiger partial charge on any atom is 0.163 e. The van der Waals surface area contributed by atoms with Gasteiger partial charge in [-0.2, -0.15) is 0 Å². The fourth-order valence-electron chi connectivity index (χ4n) is 6.67. The second-order valence-electron chi connectivity index (χ2n) is 14.9. The summed E-state index contributed by atoms with van der Waals surface area (Å²) in [5.41, 5.74) is 2.06. The number of rotatable bonds is 32. The van der Waals surface area contributed by atoms with Gasteiger partial charge in [-0.25, -0.2) is 0 Å². The van der Waals surface area contributed by atoms with Crippen LogP contribution in [0.25, 0.3) is 0 Å². The standard InChI is InChI=1S/C48H72N2O4/c1-3-5-7-9-11-13-15-17-19-21-23-29-35-53-47-37-43(49-39-41-31-25-27-33-45(41)51)44(50-40-42-32-26-28-34-46(42)52)38-48(47)54-36-30-24-22-20-18-16-14-12-10-8-6-4-2/h25-28,31-34,37-40,51-52H,3-24,29-30,35-36H2,1-2H3/p-2. The monoisotopic (exact) mass is 739 g/mol. The van der Waals surface area contributed by atoms with Gasteiger partial charge < -0.3 is 19.7 Å². The number of unbranched alkanes of at least 4 members (excludes halogenated alkanes) is 22. The molecule has 0 aliphatic carbocycles. The van der Waals surface area contributed by atoms with Crippen LogP contribution in [-0.2, 0) is 0 Å². The van der Waals surface area contributed by atoms with Crippen LogP contribution in [0.15, 0.2) is 70.6 Å². The molecule has 0 N–H and O–H groups in total. The molecule has 0 heterocycles. The number of benzene rings is 3. The van der Waals surface area contributed by atoms with Crippen molar-refractivity contribution in [1.82, 2.24) is 0 Å². The van der Waals surface area contributed by atoms with E-state index in [0.29, 0.717) is 47.2 Å². The molecule has 0 spiro atoms. The van der Waals surface area contributed by atoms with E-state index in [9.17, 15) is 10.2 Å². The summed E-state index contributed by atoms with van der Waals surface area (Å²) in [7, 11) is 0. The van der Waals surface area contributed by atoms with Crippen molar-refractivity contribution in [3.05, 3.63) is 71.8 Å². The lowest BCUT2D eigenvalue weighted by Crippen LogP contribution is -2.03. The molecule has 0 aliphatic heterocycles. The van der Waals surface area contributed by atoms with Crippen molar-refractivity contribution in [2.75, 3.05) is 13.2 Å². The molecule has 0 aromatic heterocycles. The van der Waals surface area contributed by atoms with E-state index in [2.05, 4.69) is 13.8 Å². The lowest BCUT2D eigenvalue weighted by Gasteiger charge is -2.16. The Morgan fingerprint density at radius 1 is 0.426 bits per heavy atom. The molecule has 3 aromatic rings. The van der Waals surface area contributed by atoms with E-state index >= 15 is 0 Å². The molecule has 0 atom stereocenters. The Balaban J connectivity index is 1.62. The Morgan fingerprint density at radius 3 is 1.04 bits per heavy atom. The molecule has 6 heteroatoms. The highest BCUT2D eigenvalue weighted by molar-refractivity contribution is 5.90. The minimum atomic E-state index is -0.0996. The smallest absolute Gasteiger partial charge is 0.163 e. The van der Waals surface area contributed by atoms with Gasteiger partial charge in [-0.15, -0.1) is 11.5 Å². The molecule has 54 heavy (non-hydrogen) atoms. The van der Waals surface area contributed by atoms with E-state index in [-0.39, 0.29) is 11.5 Å². The summed E-state index contributed by atoms with van der Waals surface area (Å²) in [6, 6.07) is 17.4. The molecule has 0 unspecified atom stereocenters. The number of ether oxygens (including phenoxy) is 2. The summed E-state index contributed by atoms with van der Waals surface area (Å²) in [5.74, 6) is 1.06. The number of hydrogen-bond donors (Lipinski definition) is 0. The first-order valence-corrected chi connectivity index (χ1v) is 21.7. The lowest BCUT2D eigenvalue weighted by molar-refractivity contribution is -0.269. The van der Waals surface area contributed by atoms with Crippen LogP contribution in [0, 0.1) is 0 Å². The zero-order chi connectivity index (χ0) is 38.3. The molecule has 0 amide bonds. The van der Waals surface area contributed by atoms with Gasteiger partial charge in [-0.05, 0) is 24.0 Å². The minimum Gasteiger partial charge on any atom is -0.872 e. The van der Waals surface area contributed by atoms with Crippen molar-refractivity contribution in [3.8, 4) is 23.0 Å². The first-order chi connectivity index (χ1) is 26.6. The highest BCUT2D eigenvalue weighted by atomic mass is 16.5. The zero-order valence-corrected chi connectivity index (χ0v) is 33.8. The number of hydrogen-bond acceptors (Lipinski definition) is 6. The molecule has 0 saturated heterocycles. The van der Waals surface area contributed by atoms with Gasteiger partial charge in [0.1, 0.15) is 0 Å². The van der Waals surface area contributed by atoms with Crippen LogP contribution in [0.1, 0.15) is 179 Å². The first kappa shape index (κ1) is 44.6. The Morgan fingerprint density at radius 2 is 0.722 bits per heavy atom. The van der Waals surface area contributed by atoms with E-state index in [1.807, 2.05) is 24.3 Å². The van der Waals surface area contributed by atoms with Crippen LogP contribution in [0.2, 0.25) is 0 Å². The van der Waals surface area contributed by atoms with Crippen molar-refractivity contribution < 1.29 is 19.7 Å². The van der Waals surface area contributed by atoms with Crippen molar-refractivity contribution in [1.29, 1.82) is 0 Å². The van der Waals surface area contributed by atoms with Crippen molar-refractivity contribution in [2.45, 2.75) is 168 Å². The van der Waals surface area contributed by atoms with E-state index in [4.69, 9.17) is 19.5 Å². The van der Waals surface area contributed by atoms with Crippen molar-refractivity contribution in [3.63, 3.8) is 0 Å². The second kappa shape index (κ2) is 29.5. The van der Waals surface area contributed by atoms with E-state index < -0.39 is 0 Å². The highest BCUT2D eigenvalue weighted by Gasteiger charge is 2.13. The van der Waals surface area contributed by atoms with Crippen LogP contribution < -0.4 is 19.7 Å². The molecule has 298 valence electrons. The molecule has 3 aromatic carbocycles. The van der Waals surface area contributed by atoms with Gasteiger partial charge >= 0.3 is 0 Å². The second-order valence-corrected chi connectivity index (χ2v) is 14.9. The quantitative estimate of drug-likeness (QED) is 0.0471. The molecule has 3 rings (SSSR count). The average molecular weight is 739 g/mol. The number of aliphatic imine (C=N–C) groups is 2. The van der Waals surface area contributed by atoms with Gasteiger partial charge in [0.2, 0.25) is 0 Å². The molecular weight excluding hydrogens is 669 g/mol. The van der Waals surface area contributed by atoms with Gasteiger partial charge in [0.05, 0.1) is 24.6 Å². The predicted octanol–water partition coefficient (Wildman–Crippen LogP) is 13.5. The van der Waals surface area contributed by atoms with Crippen LogP contribution >= 0.6 is 0 Å². The van der Waals surface area contributed by atoms with Gasteiger partial charge in [0.15, 0.2) is 11.5 Å². The molecule has 0 fully saturated rings. The topological polar surface area (TPSA) is 89.3 Å². The fourth-order valence-corrected chi connectivity index (χ4v) is 6.67. The third kappa shape index (κ3) is 19.5. The summed E-state index contributed by atoms with van der Waals surface area (Å²) in [6.07, 6.45) is 34.1. The normalized spacial score (nSPS) is 11.6. The summed E-state index contributed by atoms with van der Waals surface area (Å²) >= 11 is 0. The summed E-state index contributed by atoms with van der Waals surface area (Å²) in [4.78, 5) is 9.41. The lowest BCUT2D eigenvalue weighted by atomic mass is 10.1. The van der Waals surface area contributed by atoms with Gasteiger partial charge in [-0.1, -0.05) is 204 Å².